The molecule has 0 aromatic heterocycles. The van der Waals surface area contributed by atoms with E-state index >= 15 is 0 Å². The van der Waals surface area contributed by atoms with Gasteiger partial charge in [0.05, 0.1) is 25.4 Å². The number of esters is 1. The molecule has 85 heavy (non-hydrogen) atoms. The van der Waals surface area contributed by atoms with Crippen molar-refractivity contribution < 1.29 is 24.5 Å². The number of ether oxygens (including phenoxy) is 1. The summed E-state index contributed by atoms with van der Waals surface area (Å²) in [6.45, 7) is 5.00. The summed E-state index contributed by atoms with van der Waals surface area (Å²) in [6, 6.07) is -0.539. The zero-order valence-electron chi connectivity index (χ0n) is 58.1. The van der Waals surface area contributed by atoms with Crippen molar-refractivity contribution in [2.75, 3.05) is 13.2 Å². The first-order valence-electron chi connectivity index (χ1n) is 39.4. The monoisotopic (exact) mass is 1200 g/mol. The van der Waals surface area contributed by atoms with E-state index in [-0.39, 0.29) is 18.5 Å². The second-order valence-corrected chi connectivity index (χ2v) is 27.4. The summed E-state index contributed by atoms with van der Waals surface area (Å²) >= 11 is 0. The standard InChI is InChI=1S/C79H155NO5/c1-3-5-7-9-11-13-15-17-19-21-22-34-37-40-43-47-51-55-59-63-67-71-77(82)76(75-81)80-78(83)72-68-64-60-56-52-48-44-41-38-35-32-30-28-26-24-23-25-27-29-31-33-36-39-42-46-50-54-58-62-66-70-74-85-79(84)73-69-65-61-57-53-49-45-20-18-16-14-12-10-8-6-4-2/h20,45,76-77,81-82H,3-19,21-44,46-75H2,1-2H3,(H,80,83)/b45-20-. The van der Waals surface area contributed by atoms with E-state index < -0.39 is 12.1 Å². The molecule has 0 fully saturated rings. The van der Waals surface area contributed by atoms with Crippen molar-refractivity contribution in [1.29, 1.82) is 0 Å². The second kappa shape index (κ2) is 75.1. The van der Waals surface area contributed by atoms with Gasteiger partial charge in [0, 0.05) is 12.8 Å². The van der Waals surface area contributed by atoms with E-state index in [9.17, 15) is 19.8 Å². The van der Waals surface area contributed by atoms with Crippen LogP contribution in [-0.2, 0) is 14.3 Å². The summed E-state index contributed by atoms with van der Waals surface area (Å²) in [5.41, 5.74) is 0. The van der Waals surface area contributed by atoms with Crippen molar-refractivity contribution in [3.05, 3.63) is 12.2 Å². The molecule has 0 bridgehead atoms. The minimum absolute atomic E-state index is 0.0146. The number of amides is 1. The highest BCUT2D eigenvalue weighted by atomic mass is 16.5. The summed E-state index contributed by atoms with van der Waals surface area (Å²) in [5, 5.41) is 23.5. The minimum atomic E-state index is -0.662. The maximum absolute atomic E-state index is 12.6. The van der Waals surface area contributed by atoms with E-state index in [1.54, 1.807) is 0 Å². The van der Waals surface area contributed by atoms with Crippen LogP contribution in [0, 0.1) is 0 Å². The highest BCUT2D eigenvalue weighted by molar-refractivity contribution is 5.76. The van der Waals surface area contributed by atoms with Crippen molar-refractivity contribution in [2.24, 2.45) is 0 Å². The van der Waals surface area contributed by atoms with Crippen LogP contribution in [0.15, 0.2) is 12.2 Å². The molecule has 0 saturated carbocycles. The number of hydrogen-bond acceptors (Lipinski definition) is 5. The predicted octanol–water partition coefficient (Wildman–Crippen LogP) is 25.9. The van der Waals surface area contributed by atoms with Crippen LogP contribution in [0.2, 0.25) is 0 Å². The predicted molar refractivity (Wildman–Crippen MR) is 375 cm³/mol. The number of aliphatic hydroxyl groups excluding tert-OH is 2. The molecule has 0 aromatic carbocycles. The summed E-state index contributed by atoms with van der Waals surface area (Å²) in [4.78, 5) is 24.7. The van der Waals surface area contributed by atoms with Crippen LogP contribution in [0.5, 0.6) is 0 Å². The lowest BCUT2D eigenvalue weighted by atomic mass is 10.0. The van der Waals surface area contributed by atoms with Gasteiger partial charge in [-0.1, -0.05) is 405 Å². The molecule has 0 heterocycles. The maximum atomic E-state index is 12.6. The smallest absolute Gasteiger partial charge is 0.305 e. The SMILES string of the molecule is CCCCCCCCC/C=C\CCCCCCCC(=O)OCCCCCCCCCCCCCCCCCCCCCCCCCCCCCCCCCC(=O)NC(CO)C(O)CCCCCCCCCCCCCCCCCCCCCCC. The second-order valence-electron chi connectivity index (χ2n) is 27.4. The third-order valence-corrected chi connectivity index (χ3v) is 18.8. The molecule has 1 amide bonds. The lowest BCUT2D eigenvalue weighted by Gasteiger charge is -2.22. The molecule has 0 radical (unpaired) electrons. The molecule has 0 aromatic rings. The zero-order chi connectivity index (χ0) is 61.3. The fourth-order valence-electron chi connectivity index (χ4n) is 12.8. The largest absolute Gasteiger partial charge is 0.466 e. The van der Waals surface area contributed by atoms with Crippen LogP contribution in [0.4, 0.5) is 0 Å². The van der Waals surface area contributed by atoms with Gasteiger partial charge in [-0.25, -0.2) is 0 Å². The van der Waals surface area contributed by atoms with Gasteiger partial charge in [-0.05, 0) is 51.4 Å². The van der Waals surface area contributed by atoms with Crippen LogP contribution in [0.1, 0.15) is 457 Å². The Bertz CT molecular complexity index is 1290. The number of aliphatic hydroxyl groups is 2. The molecule has 0 spiro atoms. The van der Waals surface area contributed by atoms with Crippen LogP contribution in [0.25, 0.3) is 0 Å². The van der Waals surface area contributed by atoms with Crippen molar-refractivity contribution in [3.8, 4) is 0 Å². The summed E-state index contributed by atoms with van der Waals surface area (Å²) in [6.07, 6.45) is 94.4. The van der Waals surface area contributed by atoms with Crippen molar-refractivity contribution in [2.45, 2.75) is 469 Å². The third-order valence-electron chi connectivity index (χ3n) is 18.8. The molecular weight excluding hydrogens is 1040 g/mol. The number of carbonyl (C=O) groups is 2. The fourth-order valence-corrected chi connectivity index (χ4v) is 12.8. The Morgan fingerprint density at radius 1 is 0.318 bits per heavy atom. The summed E-state index contributed by atoms with van der Waals surface area (Å²) in [7, 11) is 0. The minimum Gasteiger partial charge on any atom is -0.466 e. The number of rotatable bonds is 75. The van der Waals surface area contributed by atoms with Crippen LogP contribution in [-0.4, -0.2) is 47.4 Å². The first-order chi connectivity index (χ1) is 42.0. The summed E-state index contributed by atoms with van der Waals surface area (Å²) < 4.78 is 5.50. The normalized spacial score (nSPS) is 12.5. The van der Waals surface area contributed by atoms with Gasteiger partial charge in [0.15, 0.2) is 0 Å². The van der Waals surface area contributed by atoms with Gasteiger partial charge >= 0.3 is 5.97 Å². The molecule has 3 N–H and O–H groups in total. The maximum Gasteiger partial charge on any atom is 0.305 e. The Morgan fingerprint density at radius 2 is 0.553 bits per heavy atom. The molecule has 0 rings (SSSR count). The van der Waals surface area contributed by atoms with Crippen molar-refractivity contribution in [1.82, 2.24) is 5.32 Å². The Kier molecular flexibility index (Phi) is 73.8. The third kappa shape index (κ3) is 71.6. The highest BCUT2D eigenvalue weighted by Crippen LogP contribution is 2.20. The number of nitrogens with one attached hydrogen (secondary N) is 1. The van der Waals surface area contributed by atoms with E-state index in [4.69, 9.17) is 4.74 Å². The molecular formula is C79H155NO5. The molecule has 0 aliphatic rings. The molecule has 0 aliphatic heterocycles. The van der Waals surface area contributed by atoms with E-state index in [1.165, 1.54) is 379 Å². The van der Waals surface area contributed by atoms with E-state index in [1.807, 2.05) is 0 Å². The van der Waals surface area contributed by atoms with Gasteiger partial charge < -0.3 is 20.3 Å². The quantitative estimate of drug-likeness (QED) is 0.0320. The number of allylic oxidation sites excluding steroid dienone is 2. The lowest BCUT2D eigenvalue weighted by molar-refractivity contribution is -0.143. The topological polar surface area (TPSA) is 95.9 Å². The first kappa shape index (κ1) is 83.6. The Labute approximate surface area is 533 Å². The Hall–Kier alpha value is -1.40. The summed E-state index contributed by atoms with van der Waals surface area (Å²) in [5.74, 6) is -0.0106. The van der Waals surface area contributed by atoms with Crippen LogP contribution >= 0.6 is 0 Å². The Balaban J connectivity index is 3.32. The van der Waals surface area contributed by atoms with E-state index in [2.05, 4.69) is 31.3 Å². The van der Waals surface area contributed by atoms with Crippen molar-refractivity contribution in [3.63, 3.8) is 0 Å². The molecule has 0 aliphatic carbocycles. The Morgan fingerprint density at radius 3 is 0.835 bits per heavy atom. The van der Waals surface area contributed by atoms with Gasteiger partial charge in [0.1, 0.15) is 0 Å². The van der Waals surface area contributed by atoms with Gasteiger partial charge in [-0.3, -0.25) is 9.59 Å². The van der Waals surface area contributed by atoms with Crippen LogP contribution < -0.4 is 5.32 Å². The first-order valence-corrected chi connectivity index (χ1v) is 39.4. The van der Waals surface area contributed by atoms with Gasteiger partial charge in [0.25, 0.3) is 0 Å². The number of hydrogen-bond donors (Lipinski definition) is 3. The van der Waals surface area contributed by atoms with Gasteiger partial charge in [-0.2, -0.15) is 0 Å². The number of unbranched alkanes of at least 4 members (excludes halogenated alkanes) is 62. The van der Waals surface area contributed by atoms with E-state index in [0.29, 0.717) is 25.9 Å². The number of carbonyl (C=O) groups excluding carboxylic acids is 2. The molecule has 6 heteroatoms. The molecule has 506 valence electrons. The molecule has 0 saturated heterocycles. The molecule has 2 unspecified atom stereocenters. The van der Waals surface area contributed by atoms with Crippen molar-refractivity contribution >= 4 is 11.9 Å². The van der Waals surface area contributed by atoms with Crippen LogP contribution in [0.3, 0.4) is 0 Å². The highest BCUT2D eigenvalue weighted by Gasteiger charge is 2.20. The zero-order valence-corrected chi connectivity index (χ0v) is 58.1. The van der Waals surface area contributed by atoms with Gasteiger partial charge in [0.2, 0.25) is 5.91 Å². The molecule has 6 nitrogen and oxygen atoms in total. The fraction of sp³-hybridized carbons (Fsp3) is 0.949. The van der Waals surface area contributed by atoms with Gasteiger partial charge in [-0.15, -0.1) is 0 Å². The lowest BCUT2D eigenvalue weighted by Crippen LogP contribution is -2.45. The molecule has 2 atom stereocenters. The average molecular weight is 1200 g/mol. The van der Waals surface area contributed by atoms with E-state index in [0.717, 1.165) is 44.9 Å². The average Bonchev–Trinajstić information content (AvgIpc) is 3.51.